The van der Waals surface area contributed by atoms with E-state index in [-0.39, 0.29) is 0 Å². The Labute approximate surface area is 117 Å². The summed E-state index contributed by atoms with van der Waals surface area (Å²) in [6.07, 6.45) is 3.85. The van der Waals surface area contributed by atoms with Crippen LogP contribution in [0.4, 0.5) is 0 Å². The van der Waals surface area contributed by atoms with Gasteiger partial charge < -0.3 is 5.32 Å². The zero-order valence-corrected chi connectivity index (χ0v) is 13.4. The van der Waals surface area contributed by atoms with E-state index in [0.717, 1.165) is 12.5 Å². The van der Waals surface area contributed by atoms with Crippen LogP contribution >= 0.6 is 33.9 Å². The van der Waals surface area contributed by atoms with Crippen molar-refractivity contribution in [3.8, 4) is 0 Å². The number of rotatable bonds is 7. The molecule has 1 aromatic heterocycles. The molecule has 1 atom stereocenters. The van der Waals surface area contributed by atoms with Crippen LogP contribution in [0.3, 0.4) is 0 Å². The van der Waals surface area contributed by atoms with Crippen LogP contribution in [0.25, 0.3) is 0 Å². The van der Waals surface area contributed by atoms with Crippen molar-refractivity contribution in [3.63, 3.8) is 0 Å². The van der Waals surface area contributed by atoms with E-state index in [4.69, 9.17) is 0 Å². The number of nitrogens with one attached hydrogen (secondary N) is 1. The second-order valence-corrected chi connectivity index (χ2v) is 7.02. The van der Waals surface area contributed by atoms with Crippen LogP contribution in [0.5, 0.6) is 0 Å². The van der Waals surface area contributed by atoms with Gasteiger partial charge in [0.25, 0.3) is 0 Å². The van der Waals surface area contributed by atoms with E-state index in [1.807, 2.05) is 11.3 Å². The fourth-order valence-corrected chi connectivity index (χ4v) is 3.47. The molecule has 1 unspecified atom stereocenters. The Kier molecular flexibility index (Phi) is 6.92. The predicted octanol–water partition coefficient (Wildman–Crippen LogP) is 4.83. The quantitative estimate of drug-likeness (QED) is 0.694. The molecule has 1 heterocycles. The van der Waals surface area contributed by atoms with Gasteiger partial charge in [-0.3, -0.25) is 0 Å². The van der Waals surface area contributed by atoms with Crippen molar-refractivity contribution in [2.24, 2.45) is 5.92 Å². The molecule has 0 saturated carbocycles. The lowest BCUT2D eigenvalue weighted by Crippen LogP contribution is -2.22. The minimum absolute atomic E-state index is 0.551. The van der Waals surface area contributed by atoms with Crippen LogP contribution in [0.1, 0.15) is 51.6 Å². The van der Waals surface area contributed by atoms with Gasteiger partial charge in [-0.05, 0) is 58.5 Å². The van der Waals surface area contributed by atoms with Crippen molar-refractivity contribution in [1.82, 2.24) is 5.32 Å². The zero-order valence-electron chi connectivity index (χ0n) is 10.4. The van der Waals surface area contributed by atoms with Gasteiger partial charge in [-0.2, -0.15) is 0 Å². The van der Waals surface area contributed by atoms with Crippen molar-refractivity contribution in [2.75, 3.05) is 6.54 Å². The molecule has 0 bridgehead atoms. The summed E-state index contributed by atoms with van der Waals surface area (Å²) in [5, 5.41) is 5.92. The Balaban J connectivity index is 2.66. The Hall–Kier alpha value is 0.390. The van der Waals surface area contributed by atoms with E-state index in [1.165, 1.54) is 27.7 Å². The lowest BCUT2D eigenvalue weighted by molar-refractivity contribution is 0.376. The van der Waals surface area contributed by atoms with Crippen LogP contribution in [-0.4, -0.2) is 6.54 Å². The maximum absolute atomic E-state index is 3.61. The first-order chi connectivity index (χ1) is 7.71. The number of thiophene rings is 1. The fourth-order valence-electron chi connectivity index (χ4n) is 2.05. The summed E-state index contributed by atoms with van der Waals surface area (Å²) >= 11 is 4.25. The summed E-state index contributed by atoms with van der Waals surface area (Å²) < 4.78 is 1.39. The van der Waals surface area contributed by atoms with Crippen LogP contribution in [0.15, 0.2) is 11.4 Å². The Morgan fingerprint density at radius 3 is 2.44 bits per heavy atom. The fraction of sp³-hybridized carbons (Fsp3) is 0.692. The van der Waals surface area contributed by atoms with Gasteiger partial charge in [-0.15, -0.1) is 11.3 Å². The van der Waals surface area contributed by atoms with Gasteiger partial charge in [0.05, 0.1) is 2.88 Å². The third-order valence-corrected chi connectivity index (χ3v) is 4.97. The van der Waals surface area contributed by atoms with Crippen LogP contribution in [-0.2, 0) is 0 Å². The van der Waals surface area contributed by atoms with Gasteiger partial charge in [0.2, 0.25) is 0 Å². The minimum atomic E-state index is 0.551. The van der Waals surface area contributed by atoms with Gasteiger partial charge in [-0.25, -0.2) is 0 Å². The number of halogens is 1. The predicted molar refractivity (Wildman–Crippen MR) is 82.1 cm³/mol. The van der Waals surface area contributed by atoms with Gasteiger partial charge >= 0.3 is 0 Å². The molecular formula is C13H22INS. The van der Waals surface area contributed by atoms with Crippen molar-refractivity contribution in [1.29, 1.82) is 0 Å². The first-order valence-electron chi connectivity index (χ1n) is 6.18. The SMILES string of the molecule is CCNC(CC(CC)CC)c1csc(I)c1. The second-order valence-electron chi connectivity index (χ2n) is 4.21. The molecule has 0 amide bonds. The topological polar surface area (TPSA) is 12.0 Å². The standard InChI is InChI=1S/C13H22INS/c1-4-10(5-2)7-12(15-6-3)11-8-13(14)16-9-11/h8-10,12,15H,4-7H2,1-3H3. The molecule has 3 heteroatoms. The summed E-state index contributed by atoms with van der Waals surface area (Å²) in [6.45, 7) is 7.84. The molecule has 16 heavy (non-hydrogen) atoms. The van der Waals surface area contributed by atoms with Crippen molar-refractivity contribution < 1.29 is 0 Å². The average molecular weight is 351 g/mol. The molecule has 0 aliphatic rings. The van der Waals surface area contributed by atoms with Crippen LogP contribution in [0.2, 0.25) is 0 Å². The summed E-state index contributed by atoms with van der Waals surface area (Å²) in [5.74, 6) is 0.849. The molecule has 0 saturated heterocycles. The third-order valence-electron chi connectivity index (χ3n) is 3.16. The monoisotopic (exact) mass is 351 g/mol. The summed E-state index contributed by atoms with van der Waals surface area (Å²) in [7, 11) is 0. The van der Waals surface area contributed by atoms with Crippen LogP contribution < -0.4 is 5.32 Å². The highest BCUT2D eigenvalue weighted by Gasteiger charge is 2.16. The van der Waals surface area contributed by atoms with E-state index in [2.05, 4.69) is 60.1 Å². The zero-order chi connectivity index (χ0) is 12.0. The molecule has 0 spiro atoms. The largest absolute Gasteiger partial charge is 0.310 e. The molecule has 0 aliphatic carbocycles. The van der Waals surface area contributed by atoms with Crippen molar-refractivity contribution in [2.45, 2.75) is 46.1 Å². The second kappa shape index (κ2) is 7.67. The van der Waals surface area contributed by atoms with Gasteiger partial charge in [0, 0.05) is 6.04 Å². The molecule has 1 aromatic rings. The third kappa shape index (κ3) is 4.34. The minimum Gasteiger partial charge on any atom is -0.310 e. The van der Waals surface area contributed by atoms with Gasteiger partial charge in [-0.1, -0.05) is 33.6 Å². The molecule has 0 fully saturated rings. The highest BCUT2D eigenvalue weighted by Crippen LogP contribution is 2.28. The lowest BCUT2D eigenvalue weighted by Gasteiger charge is -2.22. The van der Waals surface area contributed by atoms with E-state index < -0.39 is 0 Å². The Morgan fingerprint density at radius 1 is 1.31 bits per heavy atom. The highest BCUT2D eigenvalue weighted by molar-refractivity contribution is 14.1. The van der Waals surface area contributed by atoms with Crippen LogP contribution in [0, 0.1) is 8.80 Å². The molecule has 92 valence electrons. The van der Waals surface area contributed by atoms with Gasteiger partial charge in [0.15, 0.2) is 0 Å². The first kappa shape index (κ1) is 14.5. The van der Waals surface area contributed by atoms with Crippen molar-refractivity contribution >= 4 is 33.9 Å². The molecule has 1 N–H and O–H groups in total. The maximum Gasteiger partial charge on any atom is 0.0656 e. The van der Waals surface area contributed by atoms with Gasteiger partial charge in [0.1, 0.15) is 0 Å². The number of hydrogen-bond donors (Lipinski definition) is 1. The summed E-state index contributed by atoms with van der Waals surface area (Å²) in [6, 6.07) is 2.87. The molecule has 0 aromatic carbocycles. The summed E-state index contributed by atoms with van der Waals surface area (Å²) in [4.78, 5) is 0. The molecule has 0 aliphatic heterocycles. The number of hydrogen-bond acceptors (Lipinski definition) is 2. The van der Waals surface area contributed by atoms with E-state index in [1.54, 1.807) is 0 Å². The molecule has 0 radical (unpaired) electrons. The molecule has 1 nitrogen and oxygen atoms in total. The summed E-state index contributed by atoms with van der Waals surface area (Å²) in [5.41, 5.74) is 1.48. The molecule has 1 rings (SSSR count). The van der Waals surface area contributed by atoms with E-state index in [0.29, 0.717) is 6.04 Å². The molecular weight excluding hydrogens is 329 g/mol. The first-order valence-corrected chi connectivity index (χ1v) is 8.14. The normalized spacial score (nSPS) is 13.3. The average Bonchev–Trinajstić information content (AvgIpc) is 2.71. The van der Waals surface area contributed by atoms with Crippen molar-refractivity contribution in [3.05, 3.63) is 19.9 Å². The van der Waals surface area contributed by atoms with E-state index in [9.17, 15) is 0 Å². The maximum atomic E-state index is 3.61. The lowest BCUT2D eigenvalue weighted by atomic mass is 9.92. The highest BCUT2D eigenvalue weighted by atomic mass is 127. The smallest absolute Gasteiger partial charge is 0.0656 e. The Morgan fingerprint density at radius 2 is 2.00 bits per heavy atom. The van der Waals surface area contributed by atoms with E-state index >= 15 is 0 Å². The Bertz CT molecular complexity index is 294.